The average molecular weight is 298 g/mol. The largest absolute Gasteiger partial charge is 0.497 e. The summed E-state index contributed by atoms with van der Waals surface area (Å²) < 4.78 is 5.13. The summed E-state index contributed by atoms with van der Waals surface area (Å²) in [6.45, 7) is 1.08. The molecule has 2 aromatic rings. The number of rotatable bonds is 7. The molecule has 0 saturated carbocycles. The molecular formula is C16H18N4O2. The Bertz CT molecular complexity index is 629. The van der Waals surface area contributed by atoms with Gasteiger partial charge in [0.1, 0.15) is 11.6 Å². The molecule has 114 valence electrons. The van der Waals surface area contributed by atoms with E-state index in [9.17, 15) is 4.79 Å². The Morgan fingerprint density at radius 1 is 1.32 bits per heavy atom. The second-order valence-corrected chi connectivity index (χ2v) is 4.42. The van der Waals surface area contributed by atoms with E-state index >= 15 is 0 Å². The Hall–Kier alpha value is -2.89. The zero-order valence-corrected chi connectivity index (χ0v) is 12.3. The summed E-state index contributed by atoms with van der Waals surface area (Å²) in [5, 5.41) is 5.84. The number of nitrogens with one attached hydrogen (secondary N) is 2. The average Bonchev–Trinajstić information content (AvgIpc) is 2.58. The molecule has 0 aliphatic heterocycles. The Morgan fingerprint density at radius 2 is 2.23 bits per heavy atom. The zero-order valence-electron chi connectivity index (χ0n) is 12.3. The number of carbonyl (C=O) groups is 1. The molecule has 2 N–H and O–H groups in total. The number of hydrogen-bond acceptors (Lipinski definition) is 5. The summed E-state index contributed by atoms with van der Waals surface area (Å²) in [5.41, 5.74) is 0.909. The van der Waals surface area contributed by atoms with Gasteiger partial charge in [0.25, 0.3) is 0 Å². The third-order valence-electron chi connectivity index (χ3n) is 2.81. The van der Waals surface area contributed by atoms with Gasteiger partial charge in [0.15, 0.2) is 0 Å². The van der Waals surface area contributed by atoms with Crippen LogP contribution in [0.3, 0.4) is 0 Å². The standard InChI is InChI=1S/C16H18N4O2/c1-22-14-4-2-3-13(11-14)5-6-16(21)20-10-9-19-15-12-17-7-8-18-15/h2-8,11-12H,9-10H2,1H3,(H,18,19)(H,20,21)/b6-5-. The molecule has 0 saturated heterocycles. The second kappa shape index (κ2) is 8.41. The van der Waals surface area contributed by atoms with Gasteiger partial charge in [-0.2, -0.15) is 0 Å². The van der Waals surface area contributed by atoms with Crippen LogP contribution in [-0.4, -0.2) is 36.1 Å². The van der Waals surface area contributed by atoms with E-state index in [-0.39, 0.29) is 5.91 Å². The number of aromatic nitrogens is 2. The van der Waals surface area contributed by atoms with E-state index in [1.165, 1.54) is 6.08 Å². The zero-order chi connectivity index (χ0) is 15.6. The van der Waals surface area contributed by atoms with Crippen LogP contribution in [0.4, 0.5) is 5.82 Å². The lowest BCUT2D eigenvalue weighted by atomic mass is 10.2. The summed E-state index contributed by atoms with van der Waals surface area (Å²) in [4.78, 5) is 19.7. The van der Waals surface area contributed by atoms with E-state index in [0.29, 0.717) is 18.9 Å². The third kappa shape index (κ3) is 5.24. The molecule has 1 aromatic heterocycles. The van der Waals surface area contributed by atoms with E-state index in [1.54, 1.807) is 31.8 Å². The lowest BCUT2D eigenvalue weighted by Crippen LogP contribution is -2.27. The minimum Gasteiger partial charge on any atom is -0.497 e. The quantitative estimate of drug-likeness (QED) is 0.601. The molecule has 22 heavy (non-hydrogen) atoms. The molecule has 0 atom stereocenters. The van der Waals surface area contributed by atoms with Gasteiger partial charge in [0, 0.05) is 31.6 Å². The number of anilines is 1. The highest BCUT2D eigenvalue weighted by Gasteiger charge is 1.97. The highest BCUT2D eigenvalue weighted by atomic mass is 16.5. The van der Waals surface area contributed by atoms with E-state index in [0.717, 1.165) is 11.3 Å². The maximum Gasteiger partial charge on any atom is 0.244 e. The van der Waals surface area contributed by atoms with Crippen molar-refractivity contribution in [3.8, 4) is 5.75 Å². The fraction of sp³-hybridized carbons (Fsp3) is 0.188. The SMILES string of the molecule is COc1cccc(/C=C\C(=O)NCCNc2cnccn2)c1. The number of benzene rings is 1. The smallest absolute Gasteiger partial charge is 0.244 e. The number of amides is 1. The molecule has 1 aromatic carbocycles. The van der Waals surface area contributed by atoms with E-state index in [1.807, 2.05) is 24.3 Å². The third-order valence-corrected chi connectivity index (χ3v) is 2.81. The van der Waals surface area contributed by atoms with E-state index in [2.05, 4.69) is 20.6 Å². The van der Waals surface area contributed by atoms with Gasteiger partial charge in [0.2, 0.25) is 5.91 Å². The minimum atomic E-state index is -0.149. The number of ether oxygens (including phenoxy) is 1. The predicted molar refractivity (Wildman–Crippen MR) is 85.6 cm³/mol. The van der Waals surface area contributed by atoms with Crippen LogP contribution in [0.1, 0.15) is 5.56 Å². The lowest BCUT2D eigenvalue weighted by Gasteiger charge is -2.05. The van der Waals surface area contributed by atoms with Crippen molar-refractivity contribution in [2.75, 3.05) is 25.5 Å². The summed E-state index contributed by atoms with van der Waals surface area (Å²) >= 11 is 0. The molecule has 0 unspecified atom stereocenters. The maximum atomic E-state index is 11.7. The molecule has 6 nitrogen and oxygen atoms in total. The van der Waals surface area contributed by atoms with Crippen LogP contribution in [0.15, 0.2) is 48.9 Å². The van der Waals surface area contributed by atoms with Crippen molar-refractivity contribution < 1.29 is 9.53 Å². The van der Waals surface area contributed by atoms with Gasteiger partial charge in [0.05, 0.1) is 13.3 Å². The highest BCUT2D eigenvalue weighted by Crippen LogP contribution is 2.13. The monoisotopic (exact) mass is 298 g/mol. The molecule has 2 rings (SSSR count). The van der Waals surface area contributed by atoms with Crippen LogP contribution in [-0.2, 0) is 4.79 Å². The number of hydrogen-bond donors (Lipinski definition) is 2. The highest BCUT2D eigenvalue weighted by molar-refractivity contribution is 5.91. The molecular weight excluding hydrogens is 280 g/mol. The molecule has 0 bridgehead atoms. The molecule has 0 aliphatic rings. The summed E-state index contributed by atoms with van der Waals surface area (Å²) in [5.74, 6) is 1.29. The molecule has 0 spiro atoms. The van der Waals surface area contributed by atoms with Gasteiger partial charge in [-0.1, -0.05) is 12.1 Å². The molecule has 1 heterocycles. The normalized spacial score (nSPS) is 10.4. The van der Waals surface area contributed by atoms with Gasteiger partial charge in [-0.3, -0.25) is 9.78 Å². The van der Waals surface area contributed by atoms with Gasteiger partial charge in [-0.15, -0.1) is 0 Å². The number of methoxy groups -OCH3 is 1. The molecule has 1 amide bonds. The van der Waals surface area contributed by atoms with Crippen molar-refractivity contribution in [2.24, 2.45) is 0 Å². The molecule has 6 heteroatoms. The minimum absolute atomic E-state index is 0.149. The Balaban J connectivity index is 1.72. The van der Waals surface area contributed by atoms with Crippen molar-refractivity contribution in [3.63, 3.8) is 0 Å². The van der Waals surface area contributed by atoms with Gasteiger partial charge < -0.3 is 15.4 Å². The number of carbonyl (C=O) groups excluding carboxylic acids is 1. The van der Waals surface area contributed by atoms with Gasteiger partial charge in [-0.25, -0.2) is 4.98 Å². The van der Waals surface area contributed by atoms with Crippen molar-refractivity contribution in [1.29, 1.82) is 0 Å². The summed E-state index contributed by atoms with van der Waals surface area (Å²) in [7, 11) is 1.61. The lowest BCUT2D eigenvalue weighted by molar-refractivity contribution is -0.116. The topological polar surface area (TPSA) is 76.1 Å². The molecule has 0 aliphatic carbocycles. The first-order chi connectivity index (χ1) is 10.8. The Kier molecular flexibility index (Phi) is 5.92. The van der Waals surface area contributed by atoms with Crippen LogP contribution < -0.4 is 15.4 Å². The summed E-state index contributed by atoms with van der Waals surface area (Å²) in [6.07, 6.45) is 8.09. The molecule has 0 radical (unpaired) electrons. The van der Waals surface area contributed by atoms with Crippen LogP contribution in [0.5, 0.6) is 5.75 Å². The first kappa shape index (κ1) is 15.5. The second-order valence-electron chi connectivity index (χ2n) is 4.42. The predicted octanol–water partition coefficient (Wildman–Crippen LogP) is 1.73. The summed E-state index contributed by atoms with van der Waals surface area (Å²) in [6, 6.07) is 7.50. The van der Waals surface area contributed by atoms with Gasteiger partial charge >= 0.3 is 0 Å². The van der Waals surface area contributed by atoms with Crippen molar-refractivity contribution in [2.45, 2.75) is 0 Å². The number of nitrogens with zero attached hydrogens (tertiary/aromatic N) is 2. The van der Waals surface area contributed by atoms with Crippen molar-refractivity contribution in [3.05, 3.63) is 54.5 Å². The van der Waals surface area contributed by atoms with Crippen molar-refractivity contribution in [1.82, 2.24) is 15.3 Å². The maximum absolute atomic E-state index is 11.7. The van der Waals surface area contributed by atoms with Crippen LogP contribution >= 0.6 is 0 Å². The fourth-order valence-corrected chi connectivity index (χ4v) is 1.74. The van der Waals surface area contributed by atoms with Gasteiger partial charge in [-0.05, 0) is 23.8 Å². The molecule has 0 fully saturated rings. The Labute approximate surface area is 129 Å². The fourth-order valence-electron chi connectivity index (χ4n) is 1.74. The first-order valence-corrected chi connectivity index (χ1v) is 6.88. The van der Waals surface area contributed by atoms with Crippen LogP contribution in [0.25, 0.3) is 6.08 Å². The Morgan fingerprint density at radius 3 is 3.00 bits per heavy atom. The first-order valence-electron chi connectivity index (χ1n) is 6.88. The van der Waals surface area contributed by atoms with E-state index in [4.69, 9.17) is 4.74 Å². The van der Waals surface area contributed by atoms with Crippen LogP contribution in [0, 0.1) is 0 Å². The van der Waals surface area contributed by atoms with Crippen molar-refractivity contribution >= 4 is 17.8 Å². The van der Waals surface area contributed by atoms with E-state index < -0.39 is 0 Å². The van der Waals surface area contributed by atoms with Crippen LogP contribution in [0.2, 0.25) is 0 Å².